The lowest BCUT2D eigenvalue weighted by molar-refractivity contribution is -0.0359. The average Bonchev–Trinajstić information content (AvgIpc) is 2.74. The van der Waals surface area contributed by atoms with E-state index in [-0.39, 0.29) is 46.6 Å². The van der Waals surface area contributed by atoms with E-state index in [0.717, 1.165) is 6.42 Å². The normalized spacial score (nSPS) is 28.3. The molecule has 4 atom stereocenters. The Hall–Kier alpha value is -1.40. The predicted molar refractivity (Wildman–Crippen MR) is 96.7 cm³/mol. The molecule has 0 saturated carbocycles. The topological polar surface area (TPSA) is 82.2 Å². The molecule has 0 aromatic carbocycles. The van der Waals surface area contributed by atoms with E-state index in [2.05, 4.69) is 51.8 Å². The van der Waals surface area contributed by atoms with Crippen LogP contribution in [0.4, 0.5) is 5.82 Å². The lowest BCUT2D eigenvalue weighted by Crippen LogP contribution is -2.45. The third-order valence-corrected chi connectivity index (χ3v) is 4.68. The minimum Gasteiger partial charge on any atom is -0.383 e. The molecule has 1 fully saturated rings. The Labute approximate surface area is 144 Å². The Kier molecular flexibility index (Phi) is 5.11. The fourth-order valence-electron chi connectivity index (χ4n) is 3.81. The maximum Gasteiger partial charge on any atom is 0.351 e. The monoisotopic (exact) mass is 336 g/mol. The van der Waals surface area contributed by atoms with Gasteiger partial charge in [-0.25, -0.2) is 4.79 Å². The molecular weight excluding hydrogens is 304 g/mol. The van der Waals surface area contributed by atoms with Gasteiger partial charge in [0.05, 0.1) is 12.1 Å². The second-order valence-corrected chi connectivity index (χ2v) is 9.08. The first-order valence-corrected chi connectivity index (χ1v) is 8.61. The van der Waals surface area contributed by atoms with E-state index >= 15 is 0 Å². The van der Waals surface area contributed by atoms with Crippen molar-refractivity contribution in [3.8, 4) is 0 Å². The van der Waals surface area contributed by atoms with Crippen LogP contribution in [0.15, 0.2) is 17.1 Å². The number of ether oxygens (including phenoxy) is 1. The number of likely N-dealkylation sites (N-methyl/N-ethyl adjacent to an activating group) is 1. The second-order valence-electron chi connectivity index (χ2n) is 9.08. The highest BCUT2D eigenvalue weighted by atomic mass is 16.5. The summed E-state index contributed by atoms with van der Waals surface area (Å²) in [5.74, 6) is 0.505. The van der Waals surface area contributed by atoms with E-state index in [1.165, 1.54) is 0 Å². The summed E-state index contributed by atoms with van der Waals surface area (Å²) in [5.41, 5.74) is 5.44. The number of nitrogens with two attached hydrogens (primary N) is 1. The highest BCUT2D eigenvalue weighted by molar-refractivity contribution is 5.23. The number of hydrogen-bond donors (Lipinski definition) is 2. The van der Waals surface area contributed by atoms with E-state index < -0.39 is 0 Å². The van der Waals surface area contributed by atoms with Crippen molar-refractivity contribution in [2.75, 3.05) is 12.8 Å². The summed E-state index contributed by atoms with van der Waals surface area (Å²) in [6, 6.07) is 1.67. The van der Waals surface area contributed by atoms with Gasteiger partial charge in [0.2, 0.25) is 0 Å². The van der Waals surface area contributed by atoms with Crippen molar-refractivity contribution in [2.45, 2.75) is 66.3 Å². The molecule has 0 spiro atoms. The minimum absolute atomic E-state index is 0.0282. The van der Waals surface area contributed by atoms with Crippen LogP contribution in [0.5, 0.6) is 0 Å². The Morgan fingerprint density at radius 2 is 1.92 bits per heavy atom. The third-order valence-electron chi connectivity index (χ3n) is 4.68. The van der Waals surface area contributed by atoms with Gasteiger partial charge in [-0.05, 0) is 30.4 Å². The van der Waals surface area contributed by atoms with Crippen LogP contribution in [0.2, 0.25) is 0 Å². The first-order chi connectivity index (χ1) is 10.9. The largest absolute Gasteiger partial charge is 0.383 e. The Morgan fingerprint density at radius 1 is 1.29 bits per heavy atom. The average molecular weight is 336 g/mol. The van der Waals surface area contributed by atoms with Crippen LogP contribution in [-0.4, -0.2) is 28.7 Å². The summed E-state index contributed by atoms with van der Waals surface area (Å²) in [4.78, 5) is 16.2. The quantitative estimate of drug-likeness (QED) is 0.886. The Bertz CT molecular complexity index is 627. The van der Waals surface area contributed by atoms with Gasteiger partial charge in [-0.15, -0.1) is 0 Å². The Balaban J connectivity index is 2.44. The van der Waals surface area contributed by atoms with Gasteiger partial charge >= 0.3 is 5.69 Å². The number of rotatable bonds is 3. The number of nitrogens with one attached hydrogen (secondary N) is 1. The molecule has 1 aromatic heterocycles. The molecular formula is C18H32N4O2. The molecule has 6 nitrogen and oxygen atoms in total. The fourth-order valence-corrected chi connectivity index (χ4v) is 3.81. The summed E-state index contributed by atoms with van der Waals surface area (Å²) >= 11 is 0. The number of aromatic nitrogens is 2. The highest BCUT2D eigenvalue weighted by Crippen LogP contribution is 2.46. The molecule has 0 amide bonds. The summed E-state index contributed by atoms with van der Waals surface area (Å²) in [5, 5.41) is 3.38. The van der Waals surface area contributed by atoms with Gasteiger partial charge in [0.1, 0.15) is 5.82 Å². The molecule has 1 saturated heterocycles. The first-order valence-electron chi connectivity index (χ1n) is 8.61. The zero-order chi connectivity index (χ0) is 18.3. The molecule has 2 heterocycles. The smallest absolute Gasteiger partial charge is 0.351 e. The molecule has 136 valence electrons. The van der Waals surface area contributed by atoms with Gasteiger partial charge < -0.3 is 15.8 Å². The third kappa shape index (κ3) is 3.98. The molecule has 0 aliphatic carbocycles. The maximum absolute atomic E-state index is 12.3. The van der Waals surface area contributed by atoms with Crippen LogP contribution in [0.1, 0.15) is 54.2 Å². The molecule has 2 rings (SSSR count). The van der Waals surface area contributed by atoms with E-state index in [1.54, 1.807) is 16.8 Å². The van der Waals surface area contributed by atoms with Crippen molar-refractivity contribution in [2.24, 2.45) is 16.7 Å². The molecule has 0 bridgehead atoms. The minimum atomic E-state index is -0.382. The van der Waals surface area contributed by atoms with Crippen LogP contribution in [0, 0.1) is 16.7 Å². The molecule has 1 aliphatic rings. The van der Waals surface area contributed by atoms with Crippen LogP contribution < -0.4 is 16.7 Å². The van der Waals surface area contributed by atoms with E-state index in [9.17, 15) is 4.79 Å². The molecule has 0 radical (unpaired) electrons. The fraction of sp³-hybridized carbons (Fsp3) is 0.778. The van der Waals surface area contributed by atoms with Gasteiger partial charge in [0.15, 0.2) is 6.23 Å². The van der Waals surface area contributed by atoms with Crippen molar-refractivity contribution < 1.29 is 4.74 Å². The summed E-state index contributed by atoms with van der Waals surface area (Å²) in [6.07, 6.45) is 2.30. The molecule has 6 heteroatoms. The van der Waals surface area contributed by atoms with E-state index in [0.29, 0.717) is 0 Å². The SMILES string of the molecule is CNC1C(n2ccc(N)nc2=O)OC(CC(C)(C)C)C1C(C)(C)C. The predicted octanol–water partition coefficient (Wildman–Crippen LogP) is 2.41. The lowest BCUT2D eigenvalue weighted by Gasteiger charge is -2.37. The van der Waals surface area contributed by atoms with Gasteiger partial charge in [-0.2, -0.15) is 4.98 Å². The zero-order valence-electron chi connectivity index (χ0n) is 16.0. The van der Waals surface area contributed by atoms with Crippen molar-refractivity contribution in [3.63, 3.8) is 0 Å². The lowest BCUT2D eigenvalue weighted by atomic mass is 9.71. The van der Waals surface area contributed by atoms with Crippen molar-refractivity contribution in [3.05, 3.63) is 22.7 Å². The Morgan fingerprint density at radius 3 is 2.38 bits per heavy atom. The van der Waals surface area contributed by atoms with Crippen molar-refractivity contribution >= 4 is 5.82 Å². The number of anilines is 1. The van der Waals surface area contributed by atoms with Gasteiger partial charge in [-0.1, -0.05) is 41.5 Å². The zero-order valence-corrected chi connectivity index (χ0v) is 16.0. The number of hydrogen-bond acceptors (Lipinski definition) is 5. The molecule has 24 heavy (non-hydrogen) atoms. The van der Waals surface area contributed by atoms with Gasteiger partial charge in [0, 0.05) is 12.1 Å². The van der Waals surface area contributed by atoms with Crippen LogP contribution >= 0.6 is 0 Å². The second kappa shape index (κ2) is 6.48. The number of nitrogens with zero attached hydrogens (tertiary/aromatic N) is 2. The van der Waals surface area contributed by atoms with Crippen LogP contribution in [0.25, 0.3) is 0 Å². The molecule has 1 aliphatic heterocycles. The highest BCUT2D eigenvalue weighted by Gasteiger charge is 2.50. The van der Waals surface area contributed by atoms with Crippen LogP contribution in [0.3, 0.4) is 0 Å². The standard InChI is InChI=1S/C18H32N4O2/c1-17(2,3)10-11-13(18(4,5)6)14(20-7)15(24-11)22-9-8-12(19)21-16(22)23/h8-9,11,13-15,20H,10H2,1-7H3,(H2,19,21,23). The van der Waals surface area contributed by atoms with Crippen LogP contribution in [-0.2, 0) is 4.74 Å². The maximum atomic E-state index is 12.3. The van der Waals surface area contributed by atoms with Crippen molar-refractivity contribution in [1.82, 2.24) is 14.9 Å². The molecule has 4 unspecified atom stereocenters. The van der Waals surface area contributed by atoms with Crippen molar-refractivity contribution in [1.29, 1.82) is 0 Å². The van der Waals surface area contributed by atoms with E-state index in [4.69, 9.17) is 10.5 Å². The molecule has 1 aromatic rings. The molecule has 3 N–H and O–H groups in total. The van der Waals surface area contributed by atoms with Gasteiger partial charge in [-0.3, -0.25) is 4.57 Å². The number of nitrogen functional groups attached to an aromatic ring is 1. The van der Waals surface area contributed by atoms with Gasteiger partial charge in [0.25, 0.3) is 0 Å². The summed E-state index contributed by atoms with van der Waals surface area (Å²) in [7, 11) is 1.93. The summed E-state index contributed by atoms with van der Waals surface area (Å²) in [6.45, 7) is 13.3. The van der Waals surface area contributed by atoms with E-state index in [1.807, 2.05) is 7.05 Å². The summed E-state index contributed by atoms with van der Waals surface area (Å²) < 4.78 is 7.96. The first kappa shape index (κ1) is 18.9.